The van der Waals surface area contributed by atoms with Gasteiger partial charge in [0.25, 0.3) is 0 Å². The number of piperazine rings is 2. The summed E-state index contributed by atoms with van der Waals surface area (Å²) in [7, 11) is 1.68. The van der Waals surface area contributed by atoms with E-state index in [-0.39, 0.29) is 11.9 Å². The molecule has 1 unspecified atom stereocenters. The van der Waals surface area contributed by atoms with Crippen LogP contribution in [-0.2, 0) is 4.79 Å². The molecule has 120 valence electrons. The molecule has 1 aromatic carbocycles. The van der Waals surface area contributed by atoms with Gasteiger partial charge in [-0.3, -0.25) is 9.69 Å². The average Bonchev–Trinajstić information content (AvgIpc) is 2.57. The largest absolute Gasteiger partial charge is 0.497 e. The van der Waals surface area contributed by atoms with Crippen molar-refractivity contribution in [2.75, 3.05) is 46.4 Å². The summed E-state index contributed by atoms with van der Waals surface area (Å²) in [4.78, 5) is 17.0. The Morgan fingerprint density at radius 3 is 2.77 bits per heavy atom. The van der Waals surface area contributed by atoms with Gasteiger partial charge in [-0.1, -0.05) is 19.1 Å². The molecule has 0 spiro atoms. The fourth-order valence-corrected chi connectivity index (χ4v) is 3.38. The third-order valence-corrected chi connectivity index (χ3v) is 4.79. The molecule has 0 bridgehead atoms. The number of ether oxygens (including phenoxy) is 1. The topological polar surface area (TPSA) is 44.8 Å². The van der Waals surface area contributed by atoms with E-state index in [0.717, 1.165) is 45.0 Å². The van der Waals surface area contributed by atoms with Crippen molar-refractivity contribution in [1.82, 2.24) is 15.1 Å². The molecular weight excluding hydrogens is 278 g/mol. The van der Waals surface area contributed by atoms with E-state index in [0.29, 0.717) is 5.92 Å². The Bertz CT molecular complexity index is 517. The standard InChI is InChI=1S/C17H25N3O2/c1-13(14-3-5-15(22-2)6-4-14)12-20-10-9-19-8-7-18-11-16(19)17(20)21/h3-6,13,16,18H,7-12H2,1-2H3/t13?,16-/m1/s1. The molecule has 2 heterocycles. The van der Waals surface area contributed by atoms with Gasteiger partial charge in [0, 0.05) is 39.3 Å². The number of methoxy groups -OCH3 is 1. The Morgan fingerprint density at radius 1 is 1.27 bits per heavy atom. The number of nitrogens with zero attached hydrogens (tertiary/aromatic N) is 2. The van der Waals surface area contributed by atoms with Crippen LogP contribution < -0.4 is 10.1 Å². The van der Waals surface area contributed by atoms with E-state index >= 15 is 0 Å². The van der Waals surface area contributed by atoms with E-state index in [1.54, 1.807) is 7.11 Å². The van der Waals surface area contributed by atoms with Gasteiger partial charge in [-0.2, -0.15) is 0 Å². The van der Waals surface area contributed by atoms with Gasteiger partial charge in [-0.15, -0.1) is 0 Å². The fourth-order valence-electron chi connectivity index (χ4n) is 3.38. The maximum atomic E-state index is 12.7. The monoisotopic (exact) mass is 303 g/mol. The first-order valence-corrected chi connectivity index (χ1v) is 8.06. The van der Waals surface area contributed by atoms with Gasteiger partial charge in [0.05, 0.1) is 7.11 Å². The normalized spacial score (nSPS) is 24.0. The van der Waals surface area contributed by atoms with Crippen LogP contribution in [0.2, 0.25) is 0 Å². The first-order chi connectivity index (χ1) is 10.7. The number of carbonyl (C=O) groups excluding carboxylic acids is 1. The molecule has 1 amide bonds. The fraction of sp³-hybridized carbons (Fsp3) is 0.588. The van der Waals surface area contributed by atoms with Gasteiger partial charge < -0.3 is 15.0 Å². The molecule has 22 heavy (non-hydrogen) atoms. The van der Waals surface area contributed by atoms with Crippen LogP contribution in [0, 0.1) is 0 Å². The minimum absolute atomic E-state index is 0.0329. The third-order valence-electron chi connectivity index (χ3n) is 4.79. The van der Waals surface area contributed by atoms with Crippen LogP contribution in [0.15, 0.2) is 24.3 Å². The maximum absolute atomic E-state index is 12.7. The molecule has 2 aliphatic rings. The van der Waals surface area contributed by atoms with Gasteiger partial charge >= 0.3 is 0 Å². The minimum atomic E-state index is 0.0329. The number of fused-ring (bicyclic) bond motifs is 1. The third kappa shape index (κ3) is 3.10. The number of nitrogens with one attached hydrogen (secondary N) is 1. The van der Waals surface area contributed by atoms with E-state index in [1.807, 2.05) is 17.0 Å². The molecule has 0 saturated carbocycles. The predicted octanol–water partition coefficient (Wildman–Crippen LogP) is 0.915. The zero-order valence-corrected chi connectivity index (χ0v) is 13.4. The van der Waals surface area contributed by atoms with Crippen molar-refractivity contribution in [3.05, 3.63) is 29.8 Å². The van der Waals surface area contributed by atoms with Gasteiger partial charge in [-0.25, -0.2) is 0 Å². The van der Waals surface area contributed by atoms with Crippen molar-refractivity contribution in [1.29, 1.82) is 0 Å². The predicted molar refractivity (Wildman–Crippen MR) is 86.2 cm³/mol. The van der Waals surface area contributed by atoms with Crippen molar-refractivity contribution in [2.45, 2.75) is 18.9 Å². The van der Waals surface area contributed by atoms with E-state index in [2.05, 4.69) is 29.3 Å². The average molecular weight is 303 g/mol. The highest BCUT2D eigenvalue weighted by Crippen LogP contribution is 2.22. The summed E-state index contributed by atoms with van der Waals surface area (Å²) in [6.07, 6.45) is 0. The van der Waals surface area contributed by atoms with Gasteiger partial charge in [0.1, 0.15) is 11.8 Å². The van der Waals surface area contributed by atoms with Crippen LogP contribution >= 0.6 is 0 Å². The van der Waals surface area contributed by atoms with Gasteiger partial charge in [-0.05, 0) is 23.6 Å². The Kier molecular flexibility index (Phi) is 4.64. The number of rotatable bonds is 4. The lowest BCUT2D eigenvalue weighted by Gasteiger charge is -2.43. The summed E-state index contributed by atoms with van der Waals surface area (Å²) < 4.78 is 5.20. The van der Waals surface area contributed by atoms with Crippen molar-refractivity contribution in [2.24, 2.45) is 0 Å². The molecule has 2 atom stereocenters. The summed E-state index contributed by atoms with van der Waals surface area (Å²) in [5.74, 6) is 1.48. The summed E-state index contributed by atoms with van der Waals surface area (Å²) in [6, 6.07) is 8.18. The lowest BCUT2D eigenvalue weighted by molar-refractivity contribution is -0.142. The lowest BCUT2D eigenvalue weighted by Crippen LogP contribution is -2.64. The second-order valence-electron chi connectivity index (χ2n) is 6.21. The smallest absolute Gasteiger partial charge is 0.241 e. The number of carbonyl (C=O) groups is 1. The molecular formula is C17H25N3O2. The summed E-state index contributed by atoms with van der Waals surface area (Å²) >= 11 is 0. The summed E-state index contributed by atoms with van der Waals surface area (Å²) in [6.45, 7) is 7.57. The van der Waals surface area contributed by atoms with Gasteiger partial charge in [0.2, 0.25) is 5.91 Å². The Balaban J connectivity index is 1.63. The van der Waals surface area contributed by atoms with Crippen LogP contribution in [0.4, 0.5) is 0 Å². The molecule has 2 fully saturated rings. The highest BCUT2D eigenvalue weighted by molar-refractivity contribution is 5.83. The Hall–Kier alpha value is -1.59. The van der Waals surface area contributed by atoms with E-state index in [1.165, 1.54) is 5.56 Å². The zero-order valence-electron chi connectivity index (χ0n) is 13.4. The highest BCUT2D eigenvalue weighted by atomic mass is 16.5. The van der Waals surface area contributed by atoms with Crippen molar-refractivity contribution < 1.29 is 9.53 Å². The zero-order chi connectivity index (χ0) is 15.5. The molecule has 0 radical (unpaired) electrons. The SMILES string of the molecule is COc1ccc(C(C)CN2CCN3CCNC[C@@H]3C2=O)cc1. The number of amides is 1. The van der Waals surface area contributed by atoms with Crippen LogP contribution in [0.5, 0.6) is 5.75 Å². The minimum Gasteiger partial charge on any atom is -0.497 e. The van der Waals surface area contributed by atoms with Crippen LogP contribution in [0.1, 0.15) is 18.4 Å². The van der Waals surface area contributed by atoms with Crippen LogP contribution in [0.25, 0.3) is 0 Å². The first-order valence-electron chi connectivity index (χ1n) is 8.06. The molecule has 5 heteroatoms. The second kappa shape index (κ2) is 6.67. The van der Waals surface area contributed by atoms with E-state index < -0.39 is 0 Å². The quantitative estimate of drug-likeness (QED) is 0.898. The van der Waals surface area contributed by atoms with E-state index in [9.17, 15) is 4.79 Å². The summed E-state index contributed by atoms with van der Waals surface area (Å²) in [5.41, 5.74) is 1.25. The van der Waals surface area contributed by atoms with E-state index in [4.69, 9.17) is 4.74 Å². The van der Waals surface area contributed by atoms with Crippen LogP contribution in [0.3, 0.4) is 0 Å². The lowest BCUT2D eigenvalue weighted by atomic mass is 9.99. The number of hydrogen-bond donors (Lipinski definition) is 1. The van der Waals surface area contributed by atoms with Crippen molar-refractivity contribution >= 4 is 5.91 Å². The molecule has 2 aliphatic heterocycles. The summed E-state index contributed by atoms with van der Waals surface area (Å²) in [5, 5.41) is 3.33. The molecule has 3 rings (SSSR count). The first kappa shape index (κ1) is 15.3. The van der Waals surface area contributed by atoms with Gasteiger partial charge in [0.15, 0.2) is 0 Å². The maximum Gasteiger partial charge on any atom is 0.241 e. The Labute approximate surface area is 132 Å². The van der Waals surface area contributed by atoms with Crippen LogP contribution in [-0.4, -0.2) is 68.1 Å². The molecule has 2 saturated heterocycles. The number of hydrogen-bond acceptors (Lipinski definition) is 4. The molecule has 0 aliphatic carbocycles. The highest BCUT2D eigenvalue weighted by Gasteiger charge is 2.36. The molecule has 1 N–H and O–H groups in total. The molecule has 0 aromatic heterocycles. The number of benzene rings is 1. The Morgan fingerprint density at radius 2 is 2.05 bits per heavy atom. The molecule has 1 aromatic rings. The van der Waals surface area contributed by atoms with Crippen molar-refractivity contribution in [3.8, 4) is 5.75 Å². The van der Waals surface area contributed by atoms with Crippen molar-refractivity contribution in [3.63, 3.8) is 0 Å². The second-order valence-corrected chi connectivity index (χ2v) is 6.21. The molecule has 5 nitrogen and oxygen atoms in total.